The third-order valence-corrected chi connectivity index (χ3v) is 2.05. The van der Waals surface area contributed by atoms with Crippen LogP contribution in [0.3, 0.4) is 0 Å². The number of benzene rings is 1. The van der Waals surface area contributed by atoms with Crippen LogP contribution in [-0.4, -0.2) is 22.8 Å². The number of ether oxygens (including phenoxy) is 2. The van der Waals surface area contributed by atoms with Crippen molar-refractivity contribution in [3.63, 3.8) is 0 Å². The molecule has 0 aromatic heterocycles. The summed E-state index contributed by atoms with van der Waals surface area (Å²) in [6.45, 7) is 8.62. The SMILES string of the molecule is C=C(C(=O)O)c1ccc(OC(=O)OC(C)(C)C)cc1. The molecular weight excluding hydrogens is 248 g/mol. The lowest BCUT2D eigenvalue weighted by atomic mass is 10.1. The number of aliphatic carboxylic acids is 1. The fourth-order valence-corrected chi connectivity index (χ4v) is 1.21. The second kappa shape index (κ2) is 5.56. The van der Waals surface area contributed by atoms with E-state index in [0.29, 0.717) is 5.56 Å². The lowest BCUT2D eigenvalue weighted by Gasteiger charge is -2.18. The minimum absolute atomic E-state index is 0.0242. The lowest BCUT2D eigenvalue weighted by molar-refractivity contribution is -0.130. The van der Waals surface area contributed by atoms with Gasteiger partial charge in [-0.2, -0.15) is 0 Å². The van der Waals surface area contributed by atoms with Crippen LogP contribution in [0, 0.1) is 0 Å². The Bertz CT molecular complexity index is 494. The third-order valence-electron chi connectivity index (χ3n) is 2.05. The van der Waals surface area contributed by atoms with E-state index in [2.05, 4.69) is 6.58 Å². The Labute approximate surface area is 111 Å². The summed E-state index contributed by atoms with van der Waals surface area (Å²) in [5.74, 6) is -0.822. The number of hydrogen-bond donors (Lipinski definition) is 1. The number of carboxylic acid groups (broad SMARTS) is 1. The highest BCUT2D eigenvalue weighted by Crippen LogP contribution is 2.19. The Morgan fingerprint density at radius 1 is 1.16 bits per heavy atom. The van der Waals surface area contributed by atoms with Crippen molar-refractivity contribution in [3.8, 4) is 5.75 Å². The van der Waals surface area contributed by atoms with Crippen molar-refractivity contribution in [2.45, 2.75) is 26.4 Å². The minimum atomic E-state index is -1.10. The number of carbonyl (C=O) groups is 2. The second-order valence-electron chi connectivity index (χ2n) is 4.87. The van der Waals surface area contributed by atoms with E-state index in [1.807, 2.05) is 0 Å². The third kappa shape index (κ3) is 4.83. The van der Waals surface area contributed by atoms with Gasteiger partial charge in [0.15, 0.2) is 0 Å². The molecule has 0 bridgehead atoms. The highest BCUT2D eigenvalue weighted by Gasteiger charge is 2.18. The first-order chi connectivity index (χ1) is 8.69. The average molecular weight is 264 g/mol. The normalized spacial score (nSPS) is 10.7. The molecule has 0 amide bonds. The summed E-state index contributed by atoms with van der Waals surface area (Å²) in [6.07, 6.45) is -0.808. The van der Waals surface area contributed by atoms with Crippen LogP contribution in [0.15, 0.2) is 30.8 Å². The first-order valence-corrected chi connectivity index (χ1v) is 5.62. The van der Waals surface area contributed by atoms with E-state index in [1.54, 1.807) is 20.8 Å². The molecule has 1 aromatic rings. The van der Waals surface area contributed by atoms with E-state index < -0.39 is 17.7 Å². The zero-order valence-corrected chi connectivity index (χ0v) is 11.1. The summed E-state index contributed by atoms with van der Waals surface area (Å²) in [4.78, 5) is 22.1. The maximum Gasteiger partial charge on any atom is 0.514 e. The molecular formula is C14H16O5. The summed E-state index contributed by atoms with van der Waals surface area (Å²) in [5.41, 5.74) is -0.206. The van der Waals surface area contributed by atoms with Crippen molar-refractivity contribution >= 4 is 17.7 Å². The zero-order valence-electron chi connectivity index (χ0n) is 11.1. The summed E-state index contributed by atoms with van der Waals surface area (Å²) in [6, 6.07) is 5.98. The van der Waals surface area contributed by atoms with Gasteiger partial charge in [0.2, 0.25) is 0 Å². The lowest BCUT2D eigenvalue weighted by Crippen LogP contribution is -2.25. The number of hydrogen-bond acceptors (Lipinski definition) is 4. The zero-order chi connectivity index (χ0) is 14.6. The fraction of sp³-hybridized carbons (Fsp3) is 0.286. The van der Waals surface area contributed by atoms with Crippen molar-refractivity contribution in [2.24, 2.45) is 0 Å². The average Bonchev–Trinajstić information content (AvgIpc) is 2.26. The van der Waals surface area contributed by atoms with E-state index in [1.165, 1.54) is 24.3 Å². The highest BCUT2D eigenvalue weighted by molar-refractivity contribution is 6.14. The standard InChI is InChI=1S/C14H16O5/c1-9(12(15)16)10-5-7-11(8-6-10)18-13(17)19-14(2,3)4/h5-8H,1H2,2-4H3,(H,15,16). The van der Waals surface area contributed by atoms with Crippen LogP contribution in [0.25, 0.3) is 5.57 Å². The molecule has 102 valence electrons. The van der Waals surface area contributed by atoms with Crippen LogP contribution in [0.1, 0.15) is 26.3 Å². The van der Waals surface area contributed by atoms with Crippen molar-refractivity contribution < 1.29 is 24.2 Å². The molecule has 0 aliphatic carbocycles. The first-order valence-electron chi connectivity index (χ1n) is 5.62. The molecule has 5 nitrogen and oxygen atoms in total. The van der Waals surface area contributed by atoms with E-state index in [9.17, 15) is 9.59 Å². The predicted octanol–water partition coefficient (Wildman–Crippen LogP) is 3.10. The van der Waals surface area contributed by atoms with Gasteiger partial charge in [-0.05, 0) is 38.5 Å². The van der Waals surface area contributed by atoms with Crippen LogP contribution in [0.2, 0.25) is 0 Å². The molecule has 0 aliphatic heterocycles. The molecule has 0 unspecified atom stereocenters. The summed E-state index contributed by atoms with van der Waals surface area (Å²) >= 11 is 0. The van der Waals surface area contributed by atoms with Gasteiger partial charge >= 0.3 is 12.1 Å². The van der Waals surface area contributed by atoms with Gasteiger partial charge in [0.1, 0.15) is 11.4 Å². The molecule has 5 heteroatoms. The Morgan fingerprint density at radius 3 is 2.11 bits per heavy atom. The molecule has 1 aromatic carbocycles. The molecule has 0 aliphatic rings. The number of rotatable bonds is 3. The van der Waals surface area contributed by atoms with Gasteiger partial charge in [-0.1, -0.05) is 18.7 Å². The van der Waals surface area contributed by atoms with Crippen molar-refractivity contribution in [2.75, 3.05) is 0 Å². The van der Waals surface area contributed by atoms with Gasteiger partial charge in [-0.25, -0.2) is 9.59 Å². The first kappa shape index (κ1) is 14.8. The monoisotopic (exact) mass is 264 g/mol. The quantitative estimate of drug-likeness (QED) is 0.516. The van der Waals surface area contributed by atoms with Crippen LogP contribution in [0.4, 0.5) is 4.79 Å². The molecule has 0 atom stereocenters. The molecule has 19 heavy (non-hydrogen) atoms. The number of carboxylic acids is 1. The van der Waals surface area contributed by atoms with Crippen LogP contribution in [-0.2, 0) is 9.53 Å². The van der Waals surface area contributed by atoms with E-state index in [4.69, 9.17) is 14.6 Å². The summed E-state index contributed by atoms with van der Waals surface area (Å²) in [7, 11) is 0. The van der Waals surface area contributed by atoms with E-state index in [-0.39, 0.29) is 11.3 Å². The summed E-state index contributed by atoms with van der Waals surface area (Å²) < 4.78 is 9.93. The number of carbonyl (C=O) groups excluding carboxylic acids is 1. The largest absolute Gasteiger partial charge is 0.514 e. The van der Waals surface area contributed by atoms with E-state index >= 15 is 0 Å². The van der Waals surface area contributed by atoms with Crippen molar-refractivity contribution in [1.29, 1.82) is 0 Å². The predicted molar refractivity (Wildman–Crippen MR) is 70.0 cm³/mol. The van der Waals surface area contributed by atoms with Gasteiger partial charge < -0.3 is 14.6 Å². The van der Waals surface area contributed by atoms with Crippen LogP contribution < -0.4 is 4.74 Å². The molecule has 0 spiro atoms. The Balaban J connectivity index is 2.70. The van der Waals surface area contributed by atoms with E-state index in [0.717, 1.165) is 0 Å². The fourth-order valence-electron chi connectivity index (χ4n) is 1.21. The highest BCUT2D eigenvalue weighted by atomic mass is 16.7. The molecule has 1 rings (SSSR count). The van der Waals surface area contributed by atoms with Crippen molar-refractivity contribution in [1.82, 2.24) is 0 Å². The van der Waals surface area contributed by atoms with Crippen LogP contribution in [0.5, 0.6) is 5.75 Å². The van der Waals surface area contributed by atoms with Crippen molar-refractivity contribution in [3.05, 3.63) is 36.4 Å². The molecule has 0 fully saturated rings. The molecule has 0 saturated heterocycles. The smallest absolute Gasteiger partial charge is 0.478 e. The topological polar surface area (TPSA) is 72.8 Å². The van der Waals surface area contributed by atoms with Gasteiger partial charge in [0, 0.05) is 0 Å². The minimum Gasteiger partial charge on any atom is -0.478 e. The molecule has 0 radical (unpaired) electrons. The molecule has 1 N–H and O–H groups in total. The summed E-state index contributed by atoms with van der Waals surface area (Å²) in [5, 5.41) is 8.77. The molecule has 0 saturated carbocycles. The van der Waals surface area contributed by atoms with Gasteiger partial charge in [-0.3, -0.25) is 0 Å². The van der Waals surface area contributed by atoms with Crippen LogP contribution >= 0.6 is 0 Å². The maximum atomic E-state index is 11.4. The Kier molecular flexibility index (Phi) is 4.32. The maximum absolute atomic E-state index is 11.4. The van der Waals surface area contributed by atoms with Gasteiger partial charge in [0.05, 0.1) is 5.57 Å². The second-order valence-corrected chi connectivity index (χ2v) is 4.87. The Morgan fingerprint density at radius 2 is 1.68 bits per heavy atom. The van der Waals surface area contributed by atoms with Gasteiger partial charge in [0.25, 0.3) is 0 Å². The Hall–Kier alpha value is -2.30. The van der Waals surface area contributed by atoms with Gasteiger partial charge in [-0.15, -0.1) is 0 Å². The molecule has 0 heterocycles.